The van der Waals surface area contributed by atoms with Crippen molar-refractivity contribution in [2.75, 3.05) is 0 Å². The van der Waals surface area contributed by atoms with Crippen LogP contribution in [0, 0.1) is 0 Å². The first kappa shape index (κ1) is 9.92. The number of carbonyl (C=O) groups is 1. The van der Waals surface area contributed by atoms with E-state index >= 15 is 0 Å². The number of hydrogen-bond donors (Lipinski definition) is 0. The maximum Gasteiger partial charge on any atom is 0.425 e. The van der Waals surface area contributed by atoms with Crippen LogP contribution in [0.25, 0.3) is 0 Å². The Bertz CT molecular complexity index is 137. The molecule has 1 atom stereocenters. The van der Waals surface area contributed by atoms with Gasteiger partial charge in [0.2, 0.25) is 0 Å². The molecule has 0 aliphatic carbocycles. The Morgan fingerprint density at radius 3 is 2.70 bits per heavy atom. The lowest BCUT2D eigenvalue weighted by Gasteiger charge is -1.91. The van der Waals surface area contributed by atoms with Crippen molar-refractivity contribution in [2.24, 2.45) is 0 Å². The second-order valence-corrected chi connectivity index (χ2v) is 3.31. The molecule has 1 unspecified atom stereocenters. The van der Waals surface area contributed by atoms with Crippen molar-refractivity contribution >= 4 is 25.4 Å². The van der Waals surface area contributed by atoms with E-state index in [9.17, 15) is 9.36 Å². The SMILES string of the molecule is CCCCC(=O)O[P+](=O)[S-]. The lowest BCUT2D eigenvalue weighted by Crippen LogP contribution is -1.96. The maximum atomic E-state index is 10.5. The number of carbonyl (C=O) groups excluding carboxylic acids is 1. The third-order valence-corrected chi connectivity index (χ3v) is 1.49. The highest BCUT2D eigenvalue weighted by Crippen LogP contribution is 2.18. The standard InChI is InChI=1S/C5H9O3PS/c1-2-3-4-5(6)8-9(7)10/h2-4H2,1H3. The molecule has 0 N–H and O–H groups in total. The Morgan fingerprint density at radius 2 is 2.30 bits per heavy atom. The van der Waals surface area contributed by atoms with Gasteiger partial charge in [0.15, 0.2) is 0 Å². The van der Waals surface area contributed by atoms with Gasteiger partial charge in [-0.2, -0.15) is 0 Å². The Kier molecular flexibility index (Phi) is 5.64. The zero-order valence-electron chi connectivity index (χ0n) is 5.70. The molecule has 0 fully saturated rings. The normalized spacial score (nSPS) is 10.8. The summed E-state index contributed by atoms with van der Waals surface area (Å²) in [6, 6.07) is 0. The summed E-state index contributed by atoms with van der Waals surface area (Å²) in [4.78, 5) is 10.5. The summed E-state index contributed by atoms with van der Waals surface area (Å²) >= 11 is 4.17. The first-order chi connectivity index (χ1) is 4.66. The molecule has 0 aromatic carbocycles. The van der Waals surface area contributed by atoms with E-state index in [0.717, 1.165) is 12.8 Å². The zero-order valence-corrected chi connectivity index (χ0v) is 7.41. The highest BCUT2D eigenvalue weighted by atomic mass is 32.7. The highest BCUT2D eigenvalue weighted by molar-refractivity contribution is 8.26. The van der Waals surface area contributed by atoms with Crippen molar-refractivity contribution in [3.05, 3.63) is 0 Å². The Hall–Kier alpha value is -0.0800. The average Bonchev–Trinajstić information content (AvgIpc) is 1.82. The van der Waals surface area contributed by atoms with Crippen LogP contribution in [-0.4, -0.2) is 5.97 Å². The van der Waals surface area contributed by atoms with E-state index < -0.39 is 13.2 Å². The van der Waals surface area contributed by atoms with Crippen LogP contribution < -0.4 is 0 Å². The third kappa shape index (κ3) is 6.05. The van der Waals surface area contributed by atoms with E-state index in [1.165, 1.54) is 0 Å². The minimum Gasteiger partial charge on any atom is -0.397 e. The van der Waals surface area contributed by atoms with E-state index in [1.807, 2.05) is 6.92 Å². The molecule has 0 aromatic heterocycles. The molecule has 0 aliphatic heterocycles. The number of rotatable bonds is 4. The summed E-state index contributed by atoms with van der Waals surface area (Å²) in [7, 11) is -2.17. The topological polar surface area (TPSA) is 43.4 Å². The monoisotopic (exact) mass is 180 g/mol. The molecular weight excluding hydrogens is 171 g/mol. The fraction of sp³-hybridized carbons (Fsp3) is 0.800. The van der Waals surface area contributed by atoms with Gasteiger partial charge in [-0.1, -0.05) is 17.9 Å². The molecular formula is C5H9O3PS. The summed E-state index contributed by atoms with van der Waals surface area (Å²) in [5.74, 6) is -0.460. The van der Waals surface area contributed by atoms with E-state index in [-0.39, 0.29) is 0 Å². The lowest BCUT2D eigenvalue weighted by molar-refractivity contribution is -0.133. The molecule has 0 aromatic rings. The lowest BCUT2D eigenvalue weighted by atomic mass is 10.3. The summed E-state index contributed by atoms with van der Waals surface area (Å²) in [5.41, 5.74) is 0. The predicted octanol–water partition coefficient (Wildman–Crippen LogP) is 1.92. The van der Waals surface area contributed by atoms with Gasteiger partial charge < -0.3 is 12.2 Å². The molecule has 10 heavy (non-hydrogen) atoms. The van der Waals surface area contributed by atoms with E-state index in [1.54, 1.807) is 0 Å². The van der Waals surface area contributed by atoms with Crippen LogP contribution in [0.15, 0.2) is 0 Å². The predicted molar refractivity (Wildman–Crippen MR) is 40.6 cm³/mol. The Balaban J connectivity index is 3.35. The molecule has 0 rings (SSSR count). The van der Waals surface area contributed by atoms with Gasteiger partial charge in [-0.05, 0) is 6.42 Å². The van der Waals surface area contributed by atoms with Crippen LogP contribution in [0.5, 0.6) is 0 Å². The van der Waals surface area contributed by atoms with Crippen LogP contribution in [0.3, 0.4) is 0 Å². The van der Waals surface area contributed by atoms with Crippen LogP contribution in [0.4, 0.5) is 0 Å². The van der Waals surface area contributed by atoms with Gasteiger partial charge in [0.1, 0.15) is 0 Å². The van der Waals surface area contributed by atoms with Crippen LogP contribution >= 0.6 is 7.23 Å². The second-order valence-electron chi connectivity index (χ2n) is 1.79. The van der Waals surface area contributed by atoms with Crippen molar-refractivity contribution in [3.63, 3.8) is 0 Å². The van der Waals surface area contributed by atoms with Crippen molar-refractivity contribution in [2.45, 2.75) is 26.2 Å². The van der Waals surface area contributed by atoms with Crippen molar-refractivity contribution in [1.82, 2.24) is 0 Å². The molecule has 0 radical (unpaired) electrons. The maximum absolute atomic E-state index is 10.5. The van der Waals surface area contributed by atoms with E-state index in [2.05, 4.69) is 16.8 Å². The van der Waals surface area contributed by atoms with Gasteiger partial charge in [-0.3, -0.25) is 0 Å². The van der Waals surface area contributed by atoms with Gasteiger partial charge in [-0.15, -0.1) is 0 Å². The minimum atomic E-state index is -2.17. The fourth-order valence-corrected chi connectivity index (χ4v) is 0.957. The summed E-state index contributed by atoms with van der Waals surface area (Å²) in [6.45, 7) is 1.96. The Morgan fingerprint density at radius 1 is 1.70 bits per heavy atom. The molecule has 0 saturated heterocycles. The molecule has 0 heterocycles. The van der Waals surface area contributed by atoms with E-state index in [0.29, 0.717) is 6.42 Å². The molecule has 0 spiro atoms. The minimum absolute atomic E-state index is 0.314. The molecule has 58 valence electrons. The highest BCUT2D eigenvalue weighted by Gasteiger charge is 2.08. The largest absolute Gasteiger partial charge is 0.425 e. The Labute approximate surface area is 66.2 Å². The number of hydrogen-bond acceptors (Lipinski definition) is 4. The molecule has 0 bridgehead atoms. The fourth-order valence-electron chi connectivity index (χ4n) is 0.450. The van der Waals surface area contributed by atoms with Crippen molar-refractivity contribution in [3.8, 4) is 0 Å². The van der Waals surface area contributed by atoms with Crippen LogP contribution in [0.2, 0.25) is 0 Å². The zero-order chi connectivity index (χ0) is 7.98. The molecule has 0 amide bonds. The molecule has 3 nitrogen and oxygen atoms in total. The van der Waals surface area contributed by atoms with Crippen molar-refractivity contribution in [1.29, 1.82) is 0 Å². The van der Waals surface area contributed by atoms with Crippen LogP contribution in [-0.2, 0) is 26.1 Å². The third-order valence-electron chi connectivity index (χ3n) is 0.911. The quantitative estimate of drug-likeness (QED) is 0.489. The van der Waals surface area contributed by atoms with Gasteiger partial charge in [0, 0.05) is 0 Å². The van der Waals surface area contributed by atoms with Gasteiger partial charge in [0.25, 0.3) is 0 Å². The van der Waals surface area contributed by atoms with E-state index in [4.69, 9.17) is 0 Å². The van der Waals surface area contributed by atoms with Gasteiger partial charge in [-0.25, -0.2) is 9.32 Å². The summed E-state index contributed by atoms with van der Waals surface area (Å²) < 4.78 is 14.4. The molecule has 5 heteroatoms. The summed E-state index contributed by atoms with van der Waals surface area (Å²) in [6.07, 6.45) is 1.99. The first-order valence-electron chi connectivity index (χ1n) is 3.02. The van der Waals surface area contributed by atoms with Gasteiger partial charge in [0.05, 0.1) is 6.42 Å². The number of unbranched alkanes of at least 4 members (excludes halogenated alkanes) is 1. The molecule has 0 saturated carbocycles. The van der Waals surface area contributed by atoms with Crippen molar-refractivity contribution < 1.29 is 13.9 Å². The second kappa shape index (κ2) is 5.69. The van der Waals surface area contributed by atoms with Crippen LogP contribution in [0.1, 0.15) is 26.2 Å². The van der Waals surface area contributed by atoms with Gasteiger partial charge >= 0.3 is 13.2 Å². The summed E-state index contributed by atoms with van der Waals surface area (Å²) in [5, 5.41) is 0. The molecule has 0 aliphatic rings. The smallest absolute Gasteiger partial charge is 0.397 e. The average molecular weight is 180 g/mol. The first-order valence-corrected chi connectivity index (χ1v) is 5.21.